The summed E-state index contributed by atoms with van der Waals surface area (Å²) in [7, 11) is -3.74. The fourth-order valence-corrected chi connectivity index (χ4v) is 7.68. The van der Waals surface area contributed by atoms with Gasteiger partial charge >= 0.3 is 5.97 Å². The van der Waals surface area contributed by atoms with Crippen LogP contribution in [-0.4, -0.2) is 38.3 Å². The molecular formula is C46H59N3O5S. The van der Waals surface area contributed by atoms with Crippen LogP contribution in [0, 0.1) is 13.8 Å². The molecule has 4 rings (SSSR count). The SMILES string of the molecule is C=C(C=CC=C(C=CC=C1N(CCCCS(=O)(=O)ON)c2ccc(C)cc2C1(C)C)c1cccc(C(=O)O)c1)C(C)(C)c1cc(C)ccc1NCCCCC. The first-order valence-electron chi connectivity index (χ1n) is 19.2. The van der Waals surface area contributed by atoms with Crippen LogP contribution in [0.3, 0.4) is 0 Å². The standard InChI is InChI=1S/C46H59N3O5S/c1-9-10-11-27-48-41-25-23-33(2)30-39(41)45(5,6)35(4)17-14-18-36(37-20-15-21-38(32-37)44(50)51)19-16-22-43-46(7,8)40-31-34(3)24-26-42(40)49(43)28-12-13-29-55(52,53)54-47/h14-26,30-32,48H,4,9-13,27-29,47H2,1-3,5-8H3,(H,50,51). The number of hydrogen-bond donors (Lipinski definition) is 3. The number of aromatic carboxylic acids is 1. The Morgan fingerprint density at radius 1 is 0.964 bits per heavy atom. The Kier molecular flexibility index (Phi) is 14.7. The predicted molar refractivity (Wildman–Crippen MR) is 229 cm³/mol. The molecule has 55 heavy (non-hydrogen) atoms. The van der Waals surface area contributed by atoms with Crippen molar-refractivity contribution in [2.24, 2.45) is 5.90 Å². The summed E-state index contributed by atoms with van der Waals surface area (Å²) in [5, 5.41) is 13.4. The molecule has 1 aliphatic rings. The predicted octanol–water partition coefficient (Wildman–Crippen LogP) is 10.3. The van der Waals surface area contributed by atoms with E-state index in [1.54, 1.807) is 18.2 Å². The van der Waals surface area contributed by atoms with E-state index in [9.17, 15) is 18.3 Å². The Labute approximate surface area is 329 Å². The van der Waals surface area contributed by atoms with Gasteiger partial charge in [0.2, 0.25) is 0 Å². The minimum atomic E-state index is -3.74. The summed E-state index contributed by atoms with van der Waals surface area (Å²) < 4.78 is 27.9. The van der Waals surface area contributed by atoms with Crippen molar-refractivity contribution >= 4 is 33.0 Å². The fourth-order valence-electron chi connectivity index (χ4n) is 7.03. The third-order valence-electron chi connectivity index (χ3n) is 10.5. The summed E-state index contributed by atoms with van der Waals surface area (Å²) in [5.74, 6) is 3.81. The number of nitrogens with two attached hydrogens (primary N) is 1. The van der Waals surface area contributed by atoms with Crippen LogP contribution in [0.1, 0.15) is 105 Å². The number of benzene rings is 3. The molecule has 0 aliphatic carbocycles. The van der Waals surface area contributed by atoms with Crippen LogP contribution in [0.15, 0.2) is 115 Å². The minimum absolute atomic E-state index is 0.150. The molecule has 294 valence electrons. The highest BCUT2D eigenvalue weighted by molar-refractivity contribution is 7.86. The van der Waals surface area contributed by atoms with Gasteiger partial charge in [0, 0.05) is 41.0 Å². The molecule has 0 fully saturated rings. The smallest absolute Gasteiger partial charge is 0.335 e. The van der Waals surface area contributed by atoms with Crippen molar-refractivity contribution in [3.8, 4) is 0 Å². The van der Waals surface area contributed by atoms with E-state index in [0.717, 1.165) is 52.3 Å². The molecule has 4 N–H and O–H groups in total. The van der Waals surface area contributed by atoms with Crippen LogP contribution in [0.25, 0.3) is 5.57 Å². The number of allylic oxidation sites excluding steroid dienone is 9. The number of carboxylic acid groups (broad SMARTS) is 1. The summed E-state index contributed by atoms with van der Waals surface area (Å²) in [6.45, 7) is 21.2. The highest BCUT2D eigenvalue weighted by Gasteiger charge is 2.39. The first-order chi connectivity index (χ1) is 26.0. The monoisotopic (exact) mass is 765 g/mol. The number of fused-ring (bicyclic) bond motifs is 1. The third-order valence-corrected chi connectivity index (χ3v) is 11.6. The van der Waals surface area contributed by atoms with Gasteiger partial charge in [-0.3, -0.25) is 0 Å². The zero-order chi connectivity index (χ0) is 40.4. The van der Waals surface area contributed by atoms with Gasteiger partial charge in [0.1, 0.15) is 0 Å². The molecule has 0 amide bonds. The highest BCUT2D eigenvalue weighted by atomic mass is 32.2. The lowest BCUT2D eigenvalue weighted by atomic mass is 9.76. The zero-order valence-corrected chi connectivity index (χ0v) is 34.4. The Balaban J connectivity index is 1.69. The van der Waals surface area contributed by atoms with Gasteiger partial charge in [0.25, 0.3) is 10.1 Å². The molecular weight excluding hydrogens is 707 g/mol. The maximum atomic E-state index is 12.0. The van der Waals surface area contributed by atoms with E-state index < -0.39 is 16.1 Å². The Morgan fingerprint density at radius 2 is 1.67 bits per heavy atom. The maximum Gasteiger partial charge on any atom is 0.335 e. The van der Waals surface area contributed by atoms with E-state index in [0.29, 0.717) is 19.4 Å². The van der Waals surface area contributed by atoms with E-state index in [1.807, 2.05) is 36.4 Å². The molecule has 0 saturated carbocycles. The number of rotatable bonds is 19. The van der Waals surface area contributed by atoms with Crippen molar-refractivity contribution in [2.75, 3.05) is 29.1 Å². The topological polar surface area (TPSA) is 122 Å². The summed E-state index contributed by atoms with van der Waals surface area (Å²) in [6, 6.07) is 19.9. The second kappa shape index (κ2) is 18.8. The quantitative estimate of drug-likeness (QED) is 0.0626. The number of unbranched alkanes of at least 4 members (excludes halogenated alkanes) is 3. The van der Waals surface area contributed by atoms with E-state index >= 15 is 0 Å². The van der Waals surface area contributed by atoms with Crippen LogP contribution in [0.2, 0.25) is 0 Å². The third kappa shape index (κ3) is 11.0. The van der Waals surface area contributed by atoms with Crippen molar-refractivity contribution in [3.63, 3.8) is 0 Å². The molecule has 0 bridgehead atoms. The van der Waals surface area contributed by atoms with E-state index in [4.69, 9.17) is 5.90 Å². The van der Waals surface area contributed by atoms with Crippen molar-refractivity contribution in [3.05, 3.63) is 148 Å². The summed E-state index contributed by atoms with van der Waals surface area (Å²) in [5.41, 5.74) is 10.1. The van der Waals surface area contributed by atoms with Gasteiger partial charge in [-0.25, -0.2) is 4.79 Å². The summed E-state index contributed by atoms with van der Waals surface area (Å²) >= 11 is 0. The number of hydrogen-bond acceptors (Lipinski definition) is 7. The van der Waals surface area contributed by atoms with Crippen LogP contribution >= 0.6 is 0 Å². The first kappa shape index (κ1) is 43.0. The Morgan fingerprint density at radius 3 is 2.38 bits per heavy atom. The van der Waals surface area contributed by atoms with Crippen LogP contribution in [0.4, 0.5) is 11.4 Å². The molecule has 9 heteroatoms. The fraction of sp³-hybridized carbons (Fsp3) is 0.370. The molecule has 3 aromatic rings. The molecule has 8 nitrogen and oxygen atoms in total. The number of carboxylic acids is 1. The van der Waals surface area contributed by atoms with Crippen LogP contribution in [0.5, 0.6) is 0 Å². The van der Waals surface area contributed by atoms with Gasteiger partial charge in [-0.1, -0.05) is 132 Å². The lowest BCUT2D eigenvalue weighted by molar-refractivity contribution is 0.0696. The van der Waals surface area contributed by atoms with E-state index in [-0.39, 0.29) is 22.1 Å². The molecule has 0 atom stereocenters. The molecule has 1 heterocycles. The summed E-state index contributed by atoms with van der Waals surface area (Å²) in [4.78, 5) is 14.2. The average molecular weight is 766 g/mol. The maximum absolute atomic E-state index is 12.0. The lowest BCUT2D eigenvalue weighted by Gasteiger charge is -2.29. The number of carbonyl (C=O) groups is 1. The average Bonchev–Trinajstić information content (AvgIpc) is 3.35. The van der Waals surface area contributed by atoms with Crippen molar-refractivity contribution in [1.29, 1.82) is 0 Å². The minimum Gasteiger partial charge on any atom is -0.478 e. The molecule has 0 spiro atoms. The van der Waals surface area contributed by atoms with E-state index in [1.165, 1.54) is 29.5 Å². The van der Waals surface area contributed by atoms with Gasteiger partial charge in [-0.2, -0.15) is 18.6 Å². The largest absolute Gasteiger partial charge is 0.478 e. The Bertz CT molecular complexity index is 2090. The molecule has 0 aromatic heterocycles. The molecule has 0 radical (unpaired) electrons. The summed E-state index contributed by atoms with van der Waals surface area (Å²) in [6.07, 6.45) is 16.6. The van der Waals surface area contributed by atoms with Crippen molar-refractivity contribution in [1.82, 2.24) is 0 Å². The van der Waals surface area contributed by atoms with E-state index in [2.05, 4.69) is 112 Å². The van der Waals surface area contributed by atoms with Gasteiger partial charge < -0.3 is 15.3 Å². The van der Waals surface area contributed by atoms with Gasteiger partial charge in [0.15, 0.2) is 0 Å². The van der Waals surface area contributed by atoms with Gasteiger partial charge in [-0.05, 0) is 91.3 Å². The number of nitrogens with one attached hydrogen (secondary N) is 1. The molecule has 0 unspecified atom stereocenters. The molecule has 3 aromatic carbocycles. The number of aryl methyl sites for hydroxylation is 2. The Hall–Kier alpha value is -4.70. The highest BCUT2D eigenvalue weighted by Crippen LogP contribution is 2.48. The van der Waals surface area contributed by atoms with Crippen molar-refractivity contribution in [2.45, 2.75) is 91.4 Å². The first-order valence-corrected chi connectivity index (χ1v) is 20.7. The lowest BCUT2D eigenvalue weighted by Crippen LogP contribution is -2.27. The second-order valence-electron chi connectivity index (χ2n) is 15.5. The van der Waals surface area contributed by atoms with Gasteiger partial charge in [-0.15, -0.1) is 0 Å². The molecule has 0 saturated heterocycles. The zero-order valence-electron chi connectivity index (χ0n) is 33.6. The number of anilines is 2. The molecule has 1 aliphatic heterocycles. The second-order valence-corrected chi connectivity index (χ2v) is 17.2. The van der Waals surface area contributed by atoms with Crippen LogP contribution in [-0.2, 0) is 25.2 Å². The van der Waals surface area contributed by atoms with Crippen LogP contribution < -0.4 is 16.1 Å². The number of nitrogens with zero attached hydrogens (tertiary/aromatic N) is 1. The van der Waals surface area contributed by atoms with Crippen molar-refractivity contribution < 1.29 is 22.6 Å². The van der Waals surface area contributed by atoms with Gasteiger partial charge in [0.05, 0.1) is 11.3 Å². The normalized spacial score (nSPS) is 15.3.